The van der Waals surface area contributed by atoms with Crippen molar-refractivity contribution < 1.29 is 19.7 Å². The molecule has 5 heteroatoms. The van der Waals surface area contributed by atoms with Gasteiger partial charge in [0.05, 0.1) is 23.9 Å². The van der Waals surface area contributed by atoms with Crippen LogP contribution in [0.3, 0.4) is 0 Å². The van der Waals surface area contributed by atoms with Gasteiger partial charge in [0.2, 0.25) is 0 Å². The molecule has 23 heavy (non-hydrogen) atoms. The van der Waals surface area contributed by atoms with E-state index in [1.165, 1.54) is 7.11 Å². The minimum absolute atomic E-state index is 0.00658. The molecule has 0 bridgehead atoms. The quantitative estimate of drug-likeness (QED) is 0.825. The Hall–Kier alpha value is -3.21. The zero-order valence-corrected chi connectivity index (χ0v) is 12.5. The van der Waals surface area contributed by atoms with E-state index < -0.39 is 11.7 Å². The van der Waals surface area contributed by atoms with Crippen LogP contribution < -0.4 is 15.5 Å². The summed E-state index contributed by atoms with van der Waals surface area (Å²) < 4.78 is 5.19. The lowest BCUT2D eigenvalue weighted by Gasteiger charge is -2.14. The van der Waals surface area contributed by atoms with E-state index in [9.17, 15) is 9.59 Å². The number of Topliss-reactive ketones (excluding diaryl/α,β-unsaturated/α-hetero) is 1. The molecule has 114 valence electrons. The Morgan fingerprint density at radius 2 is 1.78 bits per heavy atom. The van der Waals surface area contributed by atoms with Gasteiger partial charge in [-0.3, -0.25) is 15.0 Å². The Kier molecular flexibility index (Phi) is 3.76. The number of hydrogen-bond acceptors (Lipinski definition) is 3. The number of anilines is 1. The topological polar surface area (TPSA) is 81.0 Å². The molecule has 0 saturated heterocycles. The number of methoxy groups -OCH3 is 1. The van der Waals surface area contributed by atoms with E-state index in [1.54, 1.807) is 42.5 Å². The van der Waals surface area contributed by atoms with Crippen molar-refractivity contribution in [3.05, 3.63) is 65.2 Å². The molecule has 3 N–H and O–H groups in total. The highest BCUT2D eigenvalue weighted by atomic mass is 16.5. The molecule has 0 radical (unpaired) electrons. The number of nitrogens with two attached hydrogens (primary N) is 1. The normalized spacial score (nSPS) is 13.2. The van der Waals surface area contributed by atoms with Crippen molar-refractivity contribution in [2.45, 2.75) is 0 Å². The SMILES string of the molecule is COc1ccccc1NC(=O)C1=Cc2ccccc2C(=[NH2+])C1=O. The van der Waals surface area contributed by atoms with E-state index in [0.717, 1.165) is 5.56 Å². The molecule has 0 unspecified atom stereocenters. The maximum Gasteiger partial charge on any atom is 0.262 e. The molecule has 5 nitrogen and oxygen atoms in total. The summed E-state index contributed by atoms with van der Waals surface area (Å²) in [5, 5.41) is 8.58. The zero-order chi connectivity index (χ0) is 16.4. The van der Waals surface area contributed by atoms with Gasteiger partial charge in [-0.15, -0.1) is 0 Å². The predicted octanol–water partition coefficient (Wildman–Crippen LogP) is 0.848. The molecule has 0 aliphatic heterocycles. The second-order valence-corrected chi connectivity index (χ2v) is 5.04. The maximum atomic E-state index is 12.5. The van der Waals surface area contributed by atoms with Crippen LogP contribution in [0.25, 0.3) is 6.08 Å². The first-order valence-corrected chi connectivity index (χ1v) is 7.04. The Labute approximate surface area is 133 Å². The van der Waals surface area contributed by atoms with Crippen LogP contribution in [0.5, 0.6) is 5.75 Å². The van der Waals surface area contributed by atoms with E-state index in [2.05, 4.69) is 5.32 Å². The van der Waals surface area contributed by atoms with Crippen molar-refractivity contribution in [1.29, 1.82) is 0 Å². The van der Waals surface area contributed by atoms with Gasteiger partial charge >= 0.3 is 0 Å². The highest BCUT2D eigenvalue weighted by molar-refractivity contribution is 6.57. The summed E-state index contributed by atoms with van der Waals surface area (Å²) in [4.78, 5) is 24.8. The number of benzene rings is 2. The number of ether oxygens (including phenoxy) is 1. The van der Waals surface area contributed by atoms with Crippen molar-refractivity contribution in [3.63, 3.8) is 0 Å². The van der Waals surface area contributed by atoms with Crippen LogP contribution in [0.2, 0.25) is 0 Å². The Balaban J connectivity index is 1.95. The van der Waals surface area contributed by atoms with Crippen LogP contribution in [-0.4, -0.2) is 24.5 Å². The van der Waals surface area contributed by atoms with Crippen molar-refractivity contribution in [1.82, 2.24) is 0 Å². The van der Waals surface area contributed by atoms with E-state index in [0.29, 0.717) is 17.0 Å². The van der Waals surface area contributed by atoms with E-state index in [-0.39, 0.29) is 11.3 Å². The number of para-hydroxylation sites is 2. The van der Waals surface area contributed by atoms with Gasteiger partial charge in [-0.2, -0.15) is 0 Å². The molecule has 1 aliphatic carbocycles. The molecule has 0 atom stereocenters. The highest BCUT2D eigenvalue weighted by Gasteiger charge is 2.32. The predicted molar refractivity (Wildman–Crippen MR) is 87.1 cm³/mol. The van der Waals surface area contributed by atoms with Crippen LogP contribution in [0.15, 0.2) is 54.1 Å². The third-order valence-corrected chi connectivity index (χ3v) is 3.64. The number of rotatable bonds is 3. The Morgan fingerprint density at radius 3 is 2.57 bits per heavy atom. The van der Waals surface area contributed by atoms with Crippen molar-refractivity contribution in [2.24, 2.45) is 0 Å². The average Bonchev–Trinajstić information content (AvgIpc) is 2.58. The fraction of sp³-hybridized carbons (Fsp3) is 0.0556. The first kappa shape index (κ1) is 14.7. The van der Waals surface area contributed by atoms with Gasteiger partial charge in [-0.1, -0.05) is 30.3 Å². The van der Waals surface area contributed by atoms with E-state index in [1.807, 2.05) is 12.1 Å². The molecule has 0 fully saturated rings. The number of carbonyl (C=O) groups is 2. The van der Waals surface area contributed by atoms with Crippen LogP contribution in [-0.2, 0) is 9.59 Å². The Morgan fingerprint density at radius 1 is 1.09 bits per heavy atom. The molecule has 0 heterocycles. The number of amides is 1. The summed E-state index contributed by atoms with van der Waals surface area (Å²) in [6.45, 7) is 0. The van der Waals surface area contributed by atoms with E-state index >= 15 is 0 Å². The van der Waals surface area contributed by atoms with Gasteiger partial charge in [-0.05, 0) is 29.8 Å². The number of carbonyl (C=O) groups excluding carboxylic acids is 2. The summed E-state index contributed by atoms with van der Waals surface area (Å²) in [5.74, 6) is -0.477. The summed E-state index contributed by atoms with van der Waals surface area (Å²) in [6.07, 6.45) is 1.55. The molecule has 1 aliphatic rings. The smallest absolute Gasteiger partial charge is 0.262 e. The monoisotopic (exact) mass is 307 g/mol. The first-order chi connectivity index (χ1) is 11.1. The maximum absolute atomic E-state index is 12.5. The summed E-state index contributed by atoms with van der Waals surface area (Å²) in [6, 6.07) is 14.2. The second kappa shape index (κ2) is 5.88. The molecule has 3 rings (SSSR count). The molecule has 2 aromatic carbocycles. The van der Waals surface area contributed by atoms with Crippen LogP contribution in [0, 0.1) is 0 Å². The molecular weight excluding hydrogens is 292 g/mol. The molecule has 0 aromatic heterocycles. The lowest BCUT2D eigenvalue weighted by atomic mass is 9.89. The molecule has 1 amide bonds. The minimum atomic E-state index is -0.517. The molecule has 2 aromatic rings. The number of ketones is 1. The summed E-state index contributed by atoms with van der Waals surface area (Å²) >= 11 is 0. The van der Waals surface area contributed by atoms with Gasteiger partial charge in [-0.25, -0.2) is 0 Å². The summed E-state index contributed by atoms with van der Waals surface area (Å²) in [7, 11) is 1.51. The van der Waals surface area contributed by atoms with E-state index in [4.69, 9.17) is 10.1 Å². The van der Waals surface area contributed by atoms with Gasteiger partial charge in [0.1, 0.15) is 5.75 Å². The van der Waals surface area contributed by atoms with Gasteiger partial charge in [0.15, 0.2) is 0 Å². The molecule has 0 saturated carbocycles. The second-order valence-electron chi connectivity index (χ2n) is 5.04. The third-order valence-electron chi connectivity index (χ3n) is 3.64. The van der Waals surface area contributed by atoms with Crippen molar-refractivity contribution in [3.8, 4) is 5.75 Å². The minimum Gasteiger partial charge on any atom is -0.495 e. The number of fused-ring (bicyclic) bond motifs is 1. The first-order valence-electron chi connectivity index (χ1n) is 7.04. The molecular formula is C18H15N2O3+. The number of nitrogens with one attached hydrogen (secondary N) is 1. The fourth-order valence-electron chi connectivity index (χ4n) is 2.46. The Bertz CT molecular complexity index is 853. The van der Waals surface area contributed by atoms with Crippen molar-refractivity contribution >= 4 is 29.2 Å². The largest absolute Gasteiger partial charge is 0.495 e. The van der Waals surface area contributed by atoms with Crippen LogP contribution >= 0.6 is 0 Å². The van der Waals surface area contributed by atoms with Gasteiger partial charge in [0, 0.05) is 0 Å². The lowest BCUT2D eigenvalue weighted by molar-refractivity contribution is -0.133. The van der Waals surface area contributed by atoms with Gasteiger partial charge in [0.25, 0.3) is 17.4 Å². The van der Waals surface area contributed by atoms with Crippen molar-refractivity contribution in [2.75, 3.05) is 12.4 Å². The third kappa shape index (κ3) is 2.64. The zero-order valence-electron chi connectivity index (χ0n) is 12.5. The lowest BCUT2D eigenvalue weighted by Crippen LogP contribution is -2.48. The average molecular weight is 307 g/mol. The van der Waals surface area contributed by atoms with Crippen LogP contribution in [0.4, 0.5) is 5.69 Å². The van der Waals surface area contributed by atoms with Crippen LogP contribution in [0.1, 0.15) is 11.1 Å². The summed E-state index contributed by atoms with van der Waals surface area (Å²) in [5.41, 5.74) is 1.97. The standard InChI is InChI=1S/C18H14N2O3/c1-23-15-9-5-4-8-14(15)20-18(22)13-10-11-6-2-3-7-12(11)16(19)17(13)21/h2-10,19H,1H3,(H,20,22)/p+1. The molecule has 0 spiro atoms. The van der Waals surface area contributed by atoms with Gasteiger partial charge < -0.3 is 10.1 Å². The highest BCUT2D eigenvalue weighted by Crippen LogP contribution is 2.25. The fourth-order valence-corrected chi connectivity index (χ4v) is 2.46. The number of hydrogen-bond donors (Lipinski definition) is 2.